The molecule has 1 N–H and O–H groups in total. The highest BCUT2D eigenvalue weighted by atomic mass is 35.5. The summed E-state index contributed by atoms with van der Waals surface area (Å²) in [5, 5.41) is 14.8. The number of hydrogen-bond acceptors (Lipinski definition) is 7. The fourth-order valence-corrected chi connectivity index (χ4v) is 3.91. The average Bonchev–Trinajstić information content (AvgIpc) is 3.02. The van der Waals surface area contributed by atoms with Gasteiger partial charge in [0.1, 0.15) is 0 Å². The van der Waals surface area contributed by atoms with Gasteiger partial charge in [-0.25, -0.2) is 4.79 Å². The molecule has 0 unspecified atom stereocenters. The Morgan fingerprint density at radius 2 is 2.07 bits per heavy atom. The largest absolute Gasteiger partial charge is 0.475 e. The zero-order chi connectivity index (χ0) is 18.6. The standard InChI is InChI=1S/C18H25N3O5.ClH/c1-25-17(22)12-26-16-3-2-14(10-15(16)21(23)24)11-20-9-6-18(13-20)4-7-19-8-5-18;/h2-3,10,19H,4-9,11-13H2,1H3;1H. The number of halogens is 1. The van der Waals surface area contributed by atoms with E-state index in [0.717, 1.165) is 31.7 Å². The molecule has 0 atom stereocenters. The first-order valence-electron chi connectivity index (χ1n) is 8.91. The van der Waals surface area contributed by atoms with Crippen LogP contribution in [0.1, 0.15) is 24.8 Å². The molecule has 0 bridgehead atoms. The summed E-state index contributed by atoms with van der Waals surface area (Å²) in [7, 11) is 1.24. The van der Waals surface area contributed by atoms with Crippen LogP contribution in [0.5, 0.6) is 5.75 Å². The first kappa shape index (κ1) is 21.4. The highest BCUT2D eigenvalue weighted by Crippen LogP contribution is 2.39. The second-order valence-corrected chi connectivity index (χ2v) is 7.13. The number of nitrogens with zero attached hydrogens (tertiary/aromatic N) is 2. The molecule has 2 aliphatic rings. The Hall–Kier alpha value is -1.90. The monoisotopic (exact) mass is 399 g/mol. The summed E-state index contributed by atoms with van der Waals surface area (Å²) < 4.78 is 9.72. The molecule has 1 spiro atoms. The summed E-state index contributed by atoms with van der Waals surface area (Å²) in [6.45, 7) is 4.56. The lowest BCUT2D eigenvalue weighted by Crippen LogP contribution is -2.38. The summed E-state index contributed by atoms with van der Waals surface area (Å²) in [4.78, 5) is 24.4. The first-order valence-corrected chi connectivity index (χ1v) is 8.91. The van der Waals surface area contributed by atoms with E-state index in [1.165, 1.54) is 26.4 Å². The van der Waals surface area contributed by atoms with Crippen LogP contribution in [0.4, 0.5) is 5.69 Å². The predicted octanol–water partition coefficient (Wildman–Crippen LogP) is 2.14. The minimum atomic E-state index is -0.576. The Morgan fingerprint density at radius 1 is 1.33 bits per heavy atom. The number of esters is 1. The topological polar surface area (TPSA) is 93.9 Å². The number of nitro benzene ring substituents is 1. The highest BCUT2D eigenvalue weighted by molar-refractivity contribution is 5.85. The normalized spacial score (nSPS) is 18.7. The second kappa shape index (κ2) is 9.34. The van der Waals surface area contributed by atoms with Crippen molar-refractivity contribution in [3.63, 3.8) is 0 Å². The third-order valence-electron chi connectivity index (χ3n) is 5.38. The van der Waals surface area contributed by atoms with E-state index >= 15 is 0 Å². The van der Waals surface area contributed by atoms with Gasteiger partial charge in [-0.15, -0.1) is 12.4 Å². The number of likely N-dealkylation sites (tertiary alicyclic amines) is 1. The Morgan fingerprint density at radius 3 is 2.74 bits per heavy atom. The zero-order valence-corrected chi connectivity index (χ0v) is 16.3. The maximum absolute atomic E-state index is 11.4. The molecule has 0 saturated carbocycles. The fraction of sp³-hybridized carbons (Fsp3) is 0.611. The predicted molar refractivity (Wildman–Crippen MR) is 102 cm³/mol. The summed E-state index contributed by atoms with van der Waals surface area (Å²) in [6, 6.07) is 4.93. The van der Waals surface area contributed by atoms with Crippen molar-refractivity contribution in [1.29, 1.82) is 0 Å². The summed E-state index contributed by atoms with van der Waals surface area (Å²) in [6.07, 6.45) is 3.59. The molecular formula is C18H26ClN3O5. The van der Waals surface area contributed by atoms with Gasteiger partial charge in [0.05, 0.1) is 12.0 Å². The van der Waals surface area contributed by atoms with Crippen LogP contribution in [0.25, 0.3) is 0 Å². The van der Waals surface area contributed by atoms with Gasteiger partial charge >= 0.3 is 11.7 Å². The van der Waals surface area contributed by atoms with Gasteiger partial charge in [0.15, 0.2) is 12.4 Å². The van der Waals surface area contributed by atoms with Gasteiger partial charge in [0.25, 0.3) is 0 Å². The number of nitro groups is 1. The molecule has 3 rings (SSSR count). The van der Waals surface area contributed by atoms with E-state index in [9.17, 15) is 14.9 Å². The fourth-order valence-electron chi connectivity index (χ4n) is 3.91. The Balaban J connectivity index is 0.00000261. The first-order chi connectivity index (χ1) is 12.5. The van der Waals surface area contributed by atoms with E-state index < -0.39 is 10.9 Å². The van der Waals surface area contributed by atoms with Crippen LogP contribution in [0.15, 0.2) is 18.2 Å². The number of ether oxygens (including phenoxy) is 2. The van der Waals surface area contributed by atoms with Crippen molar-refractivity contribution < 1.29 is 19.2 Å². The number of rotatable bonds is 6. The van der Waals surface area contributed by atoms with E-state index in [0.29, 0.717) is 12.0 Å². The van der Waals surface area contributed by atoms with Crippen LogP contribution in [-0.2, 0) is 16.1 Å². The molecule has 8 nitrogen and oxygen atoms in total. The van der Waals surface area contributed by atoms with Gasteiger partial charge < -0.3 is 14.8 Å². The molecular weight excluding hydrogens is 374 g/mol. The number of nitrogens with one attached hydrogen (secondary N) is 1. The minimum absolute atomic E-state index is 0. The molecule has 0 radical (unpaired) electrons. The van der Waals surface area contributed by atoms with E-state index in [-0.39, 0.29) is 30.5 Å². The second-order valence-electron chi connectivity index (χ2n) is 7.13. The molecule has 9 heteroatoms. The van der Waals surface area contributed by atoms with Gasteiger partial charge in [0.2, 0.25) is 0 Å². The van der Waals surface area contributed by atoms with Crippen molar-refractivity contribution in [2.45, 2.75) is 25.8 Å². The van der Waals surface area contributed by atoms with Crippen LogP contribution >= 0.6 is 12.4 Å². The third-order valence-corrected chi connectivity index (χ3v) is 5.38. The van der Waals surface area contributed by atoms with Gasteiger partial charge in [-0.1, -0.05) is 6.07 Å². The molecule has 2 heterocycles. The average molecular weight is 400 g/mol. The highest BCUT2D eigenvalue weighted by Gasteiger charge is 2.38. The SMILES string of the molecule is COC(=O)COc1ccc(CN2CCC3(CCNCC3)C2)cc1[N+](=O)[O-].Cl. The molecule has 0 aromatic heterocycles. The molecule has 0 aliphatic carbocycles. The van der Waals surface area contributed by atoms with E-state index in [1.807, 2.05) is 6.07 Å². The van der Waals surface area contributed by atoms with Crippen molar-refractivity contribution in [2.24, 2.45) is 5.41 Å². The number of methoxy groups -OCH3 is 1. The number of hydrogen-bond donors (Lipinski definition) is 1. The van der Waals surface area contributed by atoms with Gasteiger partial charge in [-0.2, -0.15) is 0 Å². The molecule has 2 aliphatic heterocycles. The molecule has 1 aromatic carbocycles. The smallest absolute Gasteiger partial charge is 0.343 e. The number of carbonyl (C=O) groups excluding carboxylic acids is 1. The van der Waals surface area contributed by atoms with E-state index in [2.05, 4.69) is 15.0 Å². The summed E-state index contributed by atoms with van der Waals surface area (Å²) in [5.74, 6) is -0.492. The lowest BCUT2D eigenvalue weighted by molar-refractivity contribution is -0.385. The quantitative estimate of drug-likeness (QED) is 0.445. The molecule has 150 valence electrons. The molecule has 2 fully saturated rings. The van der Waals surface area contributed by atoms with Crippen LogP contribution in [0.3, 0.4) is 0 Å². The zero-order valence-electron chi connectivity index (χ0n) is 15.4. The Kier molecular flexibility index (Phi) is 7.41. The van der Waals surface area contributed by atoms with E-state index in [4.69, 9.17) is 4.74 Å². The molecule has 2 saturated heterocycles. The van der Waals surface area contributed by atoms with Gasteiger partial charge in [0, 0.05) is 19.2 Å². The van der Waals surface area contributed by atoms with Crippen molar-refractivity contribution in [3.8, 4) is 5.75 Å². The van der Waals surface area contributed by atoms with Gasteiger partial charge in [-0.3, -0.25) is 15.0 Å². The van der Waals surface area contributed by atoms with Crippen molar-refractivity contribution >= 4 is 24.1 Å². The molecule has 1 aromatic rings. The maximum atomic E-state index is 11.4. The number of carbonyl (C=O) groups is 1. The Bertz CT molecular complexity index is 679. The maximum Gasteiger partial charge on any atom is 0.343 e. The van der Waals surface area contributed by atoms with Crippen molar-refractivity contribution in [3.05, 3.63) is 33.9 Å². The minimum Gasteiger partial charge on any atom is -0.475 e. The lowest BCUT2D eigenvalue weighted by Gasteiger charge is -2.33. The lowest BCUT2D eigenvalue weighted by atomic mass is 9.78. The Labute approximate surface area is 164 Å². The van der Waals surface area contributed by atoms with Crippen LogP contribution in [-0.4, -0.2) is 55.7 Å². The van der Waals surface area contributed by atoms with Gasteiger partial charge in [-0.05, 0) is 55.9 Å². The van der Waals surface area contributed by atoms with Crippen LogP contribution < -0.4 is 10.1 Å². The molecule has 0 amide bonds. The molecule has 27 heavy (non-hydrogen) atoms. The van der Waals surface area contributed by atoms with E-state index in [1.54, 1.807) is 12.1 Å². The summed E-state index contributed by atoms with van der Waals surface area (Å²) >= 11 is 0. The van der Waals surface area contributed by atoms with Crippen molar-refractivity contribution in [1.82, 2.24) is 10.2 Å². The summed E-state index contributed by atoms with van der Waals surface area (Å²) in [5.41, 5.74) is 1.16. The van der Waals surface area contributed by atoms with Crippen molar-refractivity contribution in [2.75, 3.05) is 39.9 Å². The van der Waals surface area contributed by atoms with Crippen LogP contribution in [0.2, 0.25) is 0 Å². The number of benzene rings is 1. The third kappa shape index (κ3) is 5.31. The van der Waals surface area contributed by atoms with Crippen LogP contribution in [0, 0.1) is 15.5 Å². The number of piperidine rings is 1.